The van der Waals surface area contributed by atoms with Crippen LogP contribution in [0.4, 0.5) is 0 Å². The Hall–Kier alpha value is -1.36. The molecule has 0 bridgehead atoms. The largest absolute Gasteiger partial charge is 0.354 e. The van der Waals surface area contributed by atoms with Gasteiger partial charge >= 0.3 is 0 Å². The number of hydrogen-bond donors (Lipinski definition) is 3. The van der Waals surface area contributed by atoms with E-state index in [1.807, 2.05) is 13.1 Å². The molecular weight excluding hydrogens is 240 g/mol. The normalized spacial score (nSPS) is 18.2. The molecule has 1 heterocycles. The molecule has 1 aromatic rings. The molecule has 0 saturated heterocycles. The van der Waals surface area contributed by atoms with E-state index in [0.29, 0.717) is 6.54 Å². The third-order valence-electron chi connectivity index (χ3n) is 4.04. The molecular formula is C14H24N4O. The van der Waals surface area contributed by atoms with E-state index in [9.17, 15) is 4.79 Å². The van der Waals surface area contributed by atoms with Crippen molar-refractivity contribution in [1.82, 2.24) is 15.5 Å². The molecule has 1 saturated carbocycles. The molecule has 1 amide bonds. The van der Waals surface area contributed by atoms with Gasteiger partial charge in [-0.25, -0.2) is 0 Å². The van der Waals surface area contributed by atoms with Gasteiger partial charge in [0.05, 0.1) is 11.7 Å². The predicted octanol–water partition coefficient (Wildman–Crippen LogP) is 1.43. The van der Waals surface area contributed by atoms with Crippen LogP contribution in [0, 0.1) is 6.92 Å². The van der Waals surface area contributed by atoms with Crippen LogP contribution in [0.25, 0.3) is 0 Å². The van der Waals surface area contributed by atoms with E-state index in [2.05, 4.69) is 15.5 Å². The highest BCUT2D eigenvalue weighted by atomic mass is 16.2. The fourth-order valence-electron chi connectivity index (χ4n) is 2.69. The van der Waals surface area contributed by atoms with E-state index < -0.39 is 5.54 Å². The molecule has 106 valence electrons. The van der Waals surface area contributed by atoms with E-state index in [4.69, 9.17) is 5.73 Å². The SMILES string of the molecule is Cc1[nH]ncc1CCCNC(=O)C1(N)CCCCC1. The van der Waals surface area contributed by atoms with E-state index in [1.165, 1.54) is 12.0 Å². The van der Waals surface area contributed by atoms with Crippen molar-refractivity contribution < 1.29 is 4.79 Å². The van der Waals surface area contributed by atoms with Gasteiger partial charge in [0.25, 0.3) is 0 Å². The minimum atomic E-state index is -0.621. The molecule has 19 heavy (non-hydrogen) atoms. The molecule has 0 spiro atoms. The maximum atomic E-state index is 12.1. The van der Waals surface area contributed by atoms with Crippen molar-refractivity contribution in [3.05, 3.63) is 17.5 Å². The fraction of sp³-hybridized carbons (Fsp3) is 0.714. The lowest BCUT2D eigenvalue weighted by molar-refractivity contribution is -0.127. The first-order chi connectivity index (χ1) is 9.12. The molecule has 1 aromatic heterocycles. The molecule has 0 atom stereocenters. The number of nitrogens with two attached hydrogens (primary N) is 1. The Morgan fingerprint density at radius 1 is 1.47 bits per heavy atom. The Bertz CT molecular complexity index is 421. The van der Waals surface area contributed by atoms with Gasteiger partial charge in [-0.3, -0.25) is 9.89 Å². The highest BCUT2D eigenvalue weighted by Gasteiger charge is 2.34. The van der Waals surface area contributed by atoms with Crippen molar-refractivity contribution in [2.45, 2.75) is 57.4 Å². The number of aromatic amines is 1. The van der Waals surface area contributed by atoms with Crippen LogP contribution in [0.15, 0.2) is 6.20 Å². The van der Waals surface area contributed by atoms with Crippen molar-refractivity contribution in [2.75, 3.05) is 6.54 Å². The minimum absolute atomic E-state index is 0.0242. The Kier molecular flexibility index (Phi) is 4.58. The predicted molar refractivity (Wildman–Crippen MR) is 74.7 cm³/mol. The van der Waals surface area contributed by atoms with Gasteiger partial charge in [0.1, 0.15) is 0 Å². The van der Waals surface area contributed by atoms with Crippen LogP contribution in [0.5, 0.6) is 0 Å². The second-order valence-electron chi connectivity index (χ2n) is 5.60. The zero-order chi connectivity index (χ0) is 13.7. The number of hydrogen-bond acceptors (Lipinski definition) is 3. The zero-order valence-electron chi connectivity index (χ0n) is 11.7. The summed E-state index contributed by atoms with van der Waals surface area (Å²) in [5.74, 6) is 0.0242. The highest BCUT2D eigenvalue weighted by Crippen LogP contribution is 2.25. The molecule has 1 aliphatic carbocycles. The molecule has 2 rings (SSSR count). The number of H-pyrrole nitrogens is 1. The van der Waals surface area contributed by atoms with Crippen molar-refractivity contribution in [3.8, 4) is 0 Å². The summed E-state index contributed by atoms with van der Waals surface area (Å²) < 4.78 is 0. The lowest BCUT2D eigenvalue weighted by atomic mass is 9.82. The lowest BCUT2D eigenvalue weighted by Gasteiger charge is -2.31. The van der Waals surface area contributed by atoms with Gasteiger partial charge in [0.15, 0.2) is 0 Å². The number of carbonyl (C=O) groups excluding carboxylic acids is 1. The van der Waals surface area contributed by atoms with Crippen LogP contribution in [0.3, 0.4) is 0 Å². The third-order valence-corrected chi connectivity index (χ3v) is 4.04. The zero-order valence-corrected chi connectivity index (χ0v) is 11.7. The third kappa shape index (κ3) is 3.56. The maximum absolute atomic E-state index is 12.1. The average molecular weight is 264 g/mol. The van der Waals surface area contributed by atoms with Gasteiger partial charge in [-0.05, 0) is 38.2 Å². The Balaban J connectivity index is 1.70. The molecule has 5 nitrogen and oxygen atoms in total. The summed E-state index contributed by atoms with van der Waals surface area (Å²) in [5.41, 5.74) is 7.88. The van der Waals surface area contributed by atoms with Gasteiger partial charge in [0, 0.05) is 12.2 Å². The summed E-state index contributed by atoms with van der Waals surface area (Å²) in [6.45, 7) is 2.69. The van der Waals surface area contributed by atoms with Crippen LogP contribution < -0.4 is 11.1 Å². The first kappa shape index (κ1) is 14.1. The number of carbonyl (C=O) groups is 1. The Morgan fingerprint density at radius 2 is 2.21 bits per heavy atom. The monoisotopic (exact) mass is 264 g/mol. The van der Waals surface area contributed by atoms with Crippen molar-refractivity contribution >= 4 is 5.91 Å². The van der Waals surface area contributed by atoms with Gasteiger partial charge < -0.3 is 11.1 Å². The molecule has 4 N–H and O–H groups in total. The molecule has 0 aliphatic heterocycles. The Labute approximate surface area is 114 Å². The van der Waals surface area contributed by atoms with Crippen LogP contribution in [0.1, 0.15) is 49.8 Å². The quantitative estimate of drug-likeness (QED) is 0.703. The van der Waals surface area contributed by atoms with Crippen molar-refractivity contribution in [2.24, 2.45) is 5.73 Å². The topological polar surface area (TPSA) is 83.8 Å². The second kappa shape index (κ2) is 6.19. The van der Waals surface area contributed by atoms with Crippen molar-refractivity contribution in [3.63, 3.8) is 0 Å². The molecule has 0 radical (unpaired) electrons. The smallest absolute Gasteiger partial charge is 0.240 e. The van der Waals surface area contributed by atoms with Gasteiger partial charge in [0.2, 0.25) is 5.91 Å². The van der Waals surface area contributed by atoms with Crippen LogP contribution in [0.2, 0.25) is 0 Å². The number of rotatable bonds is 5. The summed E-state index contributed by atoms with van der Waals surface area (Å²) in [6.07, 6.45) is 8.67. The molecule has 5 heteroatoms. The summed E-state index contributed by atoms with van der Waals surface area (Å²) in [6, 6.07) is 0. The number of nitrogens with zero attached hydrogens (tertiary/aromatic N) is 1. The van der Waals surface area contributed by atoms with Gasteiger partial charge in [-0.2, -0.15) is 5.10 Å². The second-order valence-corrected chi connectivity index (χ2v) is 5.60. The van der Waals surface area contributed by atoms with E-state index in [0.717, 1.165) is 44.2 Å². The highest BCUT2D eigenvalue weighted by molar-refractivity contribution is 5.86. The van der Waals surface area contributed by atoms with E-state index in [-0.39, 0.29) is 5.91 Å². The van der Waals surface area contributed by atoms with E-state index in [1.54, 1.807) is 0 Å². The average Bonchev–Trinajstić information content (AvgIpc) is 2.81. The van der Waals surface area contributed by atoms with Crippen LogP contribution in [-0.4, -0.2) is 28.2 Å². The molecule has 1 fully saturated rings. The number of amides is 1. The first-order valence-corrected chi connectivity index (χ1v) is 7.18. The summed E-state index contributed by atoms with van der Waals surface area (Å²) >= 11 is 0. The molecule has 0 unspecified atom stereocenters. The lowest BCUT2D eigenvalue weighted by Crippen LogP contribution is -2.55. The minimum Gasteiger partial charge on any atom is -0.354 e. The maximum Gasteiger partial charge on any atom is 0.240 e. The van der Waals surface area contributed by atoms with Crippen molar-refractivity contribution in [1.29, 1.82) is 0 Å². The Morgan fingerprint density at radius 3 is 2.84 bits per heavy atom. The fourth-order valence-corrected chi connectivity index (χ4v) is 2.69. The number of nitrogens with one attached hydrogen (secondary N) is 2. The van der Waals surface area contributed by atoms with Gasteiger partial charge in [-0.1, -0.05) is 19.3 Å². The summed E-state index contributed by atoms with van der Waals surface area (Å²) in [4.78, 5) is 12.1. The van der Waals surface area contributed by atoms with Gasteiger partial charge in [-0.15, -0.1) is 0 Å². The standard InChI is InChI=1S/C14H24N4O/c1-11-12(10-17-18-11)6-5-9-16-13(19)14(15)7-3-2-4-8-14/h10H,2-9,15H2,1H3,(H,16,19)(H,17,18). The molecule has 0 aromatic carbocycles. The van der Waals surface area contributed by atoms with E-state index >= 15 is 0 Å². The molecule has 1 aliphatic rings. The first-order valence-electron chi connectivity index (χ1n) is 7.18. The summed E-state index contributed by atoms with van der Waals surface area (Å²) in [7, 11) is 0. The number of aryl methyl sites for hydroxylation is 2. The summed E-state index contributed by atoms with van der Waals surface area (Å²) in [5, 5.41) is 9.89. The van der Waals surface area contributed by atoms with Crippen LogP contribution >= 0.6 is 0 Å². The number of aromatic nitrogens is 2. The van der Waals surface area contributed by atoms with Crippen LogP contribution in [-0.2, 0) is 11.2 Å².